The Balaban J connectivity index is -0.0000000886. The SMILES string of the molecule is NCCN.NCCN.[O]=[Tc+]=[O]. The molecule has 11 heavy (non-hydrogen) atoms. The summed E-state index contributed by atoms with van der Waals surface area (Å²) >= 11 is -1.91. The van der Waals surface area contributed by atoms with Gasteiger partial charge in [0.25, 0.3) is 0 Å². The second kappa shape index (κ2) is 32.2. The summed E-state index contributed by atoms with van der Waals surface area (Å²) in [6, 6.07) is 0. The van der Waals surface area contributed by atoms with Crippen LogP contribution < -0.4 is 22.9 Å². The van der Waals surface area contributed by atoms with Crippen LogP contribution in [0.2, 0.25) is 0 Å². The third-order valence-electron chi connectivity index (χ3n) is 0.333. The third kappa shape index (κ3) is 151. The van der Waals surface area contributed by atoms with Crippen molar-refractivity contribution in [2.24, 2.45) is 22.9 Å². The Hall–Kier alpha value is 0.0894. The van der Waals surface area contributed by atoms with Crippen LogP contribution in [0.1, 0.15) is 0 Å². The van der Waals surface area contributed by atoms with Gasteiger partial charge in [-0.3, -0.25) is 0 Å². The van der Waals surface area contributed by atoms with E-state index < -0.39 is 17.6 Å². The molecule has 0 heterocycles. The molecule has 0 aromatic carbocycles. The summed E-state index contributed by atoms with van der Waals surface area (Å²) in [5.41, 5.74) is 19.6. The summed E-state index contributed by atoms with van der Waals surface area (Å²) in [7, 11) is 0. The maximum atomic E-state index is 8.48. The predicted octanol–water partition coefficient (Wildman–Crippen LogP) is -2.43. The van der Waals surface area contributed by atoms with Crippen LogP contribution in [-0.2, 0) is 24.6 Å². The molecule has 0 aliphatic rings. The van der Waals surface area contributed by atoms with Gasteiger partial charge in [0.1, 0.15) is 0 Å². The second-order valence-corrected chi connectivity index (χ2v) is 1.53. The Morgan fingerprint density at radius 1 is 0.727 bits per heavy atom. The van der Waals surface area contributed by atoms with E-state index in [-0.39, 0.29) is 0 Å². The summed E-state index contributed by atoms with van der Waals surface area (Å²) in [5, 5.41) is 0. The molecule has 0 fully saturated rings. The Kier molecular flexibility index (Phi) is 50.5. The van der Waals surface area contributed by atoms with Gasteiger partial charge in [0.05, 0.1) is 0 Å². The summed E-state index contributed by atoms with van der Waals surface area (Å²) < 4.78 is 17.0. The van der Waals surface area contributed by atoms with Crippen molar-refractivity contribution in [3.8, 4) is 0 Å². The van der Waals surface area contributed by atoms with Crippen LogP contribution >= 0.6 is 0 Å². The molecule has 0 aromatic rings. The van der Waals surface area contributed by atoms with Crippen LogP contribution in [0, 0.1) is 0 Å². The molecule has 0 amide bonds. The van der Waals surface area contributed by atoms with Gasteiger partial charge < -0.3 is 22.9 Å². The fraction of sp³-hybridized carbons (Fsp3) is 1.00. The normalized spacial score (nSPS) is 6.55. The Morgan fingerprint density at radius 3 is 0.818 bits per heavy atom. The van der Waals surface area contributed by atoms with Gasteiger partial charge in [-0.25, -0.2) is 0 Å². The van der Waals surface area contributed by atoms with Crippen molar-refractivity contribution >= 4 is 0 Å². The van der Waals surface area contributed by atoms with E-state index in [9.17, 15) is 0 Å². The molecule has 0 aliphatic carbocycles. The third-order valence-corrected chi connectivity index (χ3v) is 0.333. The first-order chi connectivity index (χ1) is 5.24. The molecule has 0 saturated heterocycles. The summed E-state index contributed by atoms with van der Waals surface area (Å²) in [4.78, 5) is 0. The van der Waals surface area contributed by atoms with Crippen molar-refractivity contribution < 1.29 is 24.6 Å². The monoisotopic (exact) mass is 249 g/mol. The first-order valence-corrected chi connectivity index (χ1v) is 4.46. The van der Waals surface area contributed by atoms with Gasteiger partial charge in [0, 0.05) is 26.2 Å². The Morgan fingerprint density at radius 2 is 0.818 bits per heavy atom. The van der Waals surface area contributed by atoms with E-state index >= 15 is 0 Å². The van der Waals surface area contributed by atoms with Gasteiger partial charge >= 0.3 is 24.6 Å². The number of rotatable bonds is 2. The van der Waals surface area contributed by atoms with Crippen molar-refractivity contribution in [2.45, 2.75) is 0 Å². The fourth-order valence-electron chi connectivity index (χ4n) is 0. The molecule has 70 valence electrons. The van der Waals surface area contributed by atoms with Crippen LogP contribution in [0.15, 0.2) is 0 Å². The van der Waals surface area contributed by atoms with Crippen LogP contribution in [0.5, 0.6) is 0 Å². The zero-order chi connectivity index (χ0) is 9.54. The van der Waals surface area contributed by atoms with Crippen molar-refractivity contribution in [3.05, 3.63) is 0 Å². The van der Waals surface area contributed by atoms with Gasteiger partial charge in [-0.15, -0.1) is 0 Å². The summed E-state index contributed by atoms with van der Waals surface area (Å²) in [5.74, 6) is 0. The van der Waals surface area contributed by atoms with E-state index in [1.807, 2.05) is 0 Å². The minimum absolute atomic E-state index is 0.597. The second-order valence-electron chi connectivity index (χ2n) is 1.22. The molecule has 0 unspecified atom stereocenters. The van der Waals surface area contributed by atoms with Gasteiger partial charge in [0.2, 0.25) is 0 Å². The molecule has 0 bridgehead atoms. The molecular formula is C4H16N4O2Tc+. The molecule has 0 atom stereocenters. The Labute approximate surface area is 74.2 Å². The van der Waals surface area contributed by atoms with Gasteiger partial charge in [-0.05, 0) is 0 Å². The van der Waals surface area contributed by atoms with E-state index in [1.165, 1.54) is 0 Å². The molecule has 0 aromatic heterocycles. The average Bonchev–Trinajstić information content (AvgIpc) is 2.06. The minimum atomic E-state index is -1.91. The van der Waals surface area contributed by atoms with Gasteiger partial charge in [-0.2, -0.15) is 0 Å². The standard InChI is InChI=1S/2C2H8N2.2O.Tc/c2*3-1-2-4;;;/h2*1-4H2;;;/q;;;;+1. The van der Waals surface area contributed by atoms with Crippen molar-refractivity contribution in [3.63, 3.8) is 0 Å². The van der Waals surface area contributed by atoms with E-state index in [0.29, 0.717) is 26.2 Å². The van der Waals surface area contributed by atoms with E-state index in [1.54, 1.807) is 0 Å². The number of hydrogen-bond acceptors (Lipinski definition) is 6. The summed E-state index contributed by atoms with van der Waals surface area (Å²) in [6.45, 7) is 2.39. The molecule has 0 rings (SSSR count). The molecular weight excluding hydrogens is 234 g/mol. The topological polar surface area (TPSA) is 138 Å². The van der Waals surface area contributed by atoms with Crippen LogP contribution in [0.4, 0.5) is 0 Å². The number of hydrogen-bond donors (Lipinski definition) is 4. The molecule has 7 heteroatoms. The van der Waals surface area contributed by atoms with E-state index in [2.05, 4.69) is 0 Å². The summed E-state index contributed by atoms with van der Waals surface area (Å²) in [6.07, 6.45) is 0. The van der Waals surface area contributed by atoms with E-state index in [4.69, 9.17) is 29.9 Å². The molecule has 0 spiro atoms. The van der Waals surface area contributed by atoms with E-state index in [0.717, 1.165) is 0 Å². The van der Waals surface area contributed by atoms with Crippen molar-refractivity contribution in [1.82, 2.24) is 0 Å². The molecule has 6 nitrogen and oxygen atoms in total. The maximum absolute atomic E-state index is 8.48. The van der Waals surface area contributed by atoms with Crippen molar-refractivity contribution in [1.29, 1.82) is 0 Å². The van der Waals surface area contributed by atoms with Gasteiger partial charge in [0.15, 0.2) is 0 Å². The molecule has 0 saturated carbocycles. The zero-order valence-corrected chi connectivity index (χ0v) is 8.19. The van der Waals surface area contributed by atoms with Crippen LogP contribution in [0.25, 0.3) is 0 Å². The van der Waals surface area contributed by atoms with Crippen LogP contribution in [0.3, 0.4) is 0 Å². The number of nitrogens with two attached hydrogens (primary N) is 4. The zero-order valence-electron chi connectivity index (χ0n) is 6.33. The fourth-order valence-corrected chi connectivity index (χ4v) is 0. The Bertz CT molecular complexity index is 68.5. The predicted molar refractivity (Wildman–Crippen MR) is 37.6 cm³/mol. The average molecular weight is 250 g/mol. The molecule has 0 radical (unpaired) electrons. The first kappa shape index (κ1) is 17.3. The first-order valence-electron chi connectivity index (χ1n) is 2.94. The van der Waals surface area contributed by atoms with Crippen molar-refractivity contribution in [2.75, 3.05) is 26.2 Å². The molecule has 8 N–H and O–H groups in total. The quantitative estimate of drug-likeness (QED) is 0.429. The van der Waals surface area contributed by atoms with Gasteiger partial charge in [-0.1, -0.05) is 0 Å². The van der Waals surface area contributed by atoms with Crippen LogP contribution in [-0.4, -0.2) is 26.2 Å². The molecule has 0 aliphatic heterocycles.